The van der Waals surface area contributed by atoms with Crippen molar-refractivity contribution in [1.82, 2.24) is 10.5 Å². The number of aliphatic carboxylic acids is 2. The Labute approximate surface area is 88.9 Å². The smallest absolute Gasteiger partial charge is 0.356 e. The number of aliphatic imine (C=N–C) groups is 1. The summed E-state index contributed by atoms with van der Waals surface area (Å²) in [5.41, 5.74) is 1.92. The molecule has 0 unspecified atom stereocenters. The Morgan fingerprint density at radius 2 is 2.06 bits per heavy atom. The number of hydrazone groups is 1. The minimum atomic E-state index is -1.32. The topological polar surface area (TPSA) is 115 Å². The molecule has 0 bridgehead atoms. The number of fused-ring (bicyclic) bond motifs is 1. The molecule has 0 amide bonds. The number of carboxylic acid groups (broad SMARTS) is 2. The van der Waals surface area contributed by atoms with Gasteiger partial charge in [0.2, 0.25) is 0 Å². The average Bonchev–Trinajstić information content (AvgIpc) is 2.58. The first-order valence-electron chi connectivity index (χ1n) is 4.15. The zero-order valence-corrected chi connectivity index (χ0v) is 7.78. The quantitative estimate of drug-likeness (QED) is 0.560. The third-order valence-corrected chi connectivity index (χ3v) is 1.89. The Morgan fingerprint density at radius 3 is 2.69 bits per heavy atom. The van der Waals surface area contributed by atoms with Crippen molar-refractivity contribution in [2.75, 3.05) is 0 Å². The summed E-state index contributed by atoms with van der Waals surface area (Å²) in [7, 11) is 0. The highest BCUT2D eigenvalue weighted by atomic mass is 16.4. The monoisotopic (exact) mass is 222 g/mol. The van der Waals surface area contributed by atoms with Crippen molar-refractivity contribution in [2.45, 2.75) is 0 Å². The first-order valence-corrected chi connectivity index (χ1v) is 4.15. The molecular weight excluding hydrogens is 216 g/mol. The number of carboxylic acids is 2. The number of hydrogen-bond donors (Lipinski definition) is 3. The third-order valence-electron chi connectivity index (χ3n) is 1.89. The predicted octanol–water partition coefficient (Wildman–Crippen LogP) is -0.859. The van der Waals surface area contributed by atoms with Crippen LogP contribution in [-0.4, -0.2) is 39.1 Å². The van der Waals surface area contributed by atoms with Crippen LogP contribution in [0.5, 0.6) is 0 Å². The van der Waals surface area contributed by atoms with Gasteiger partial charge in [0.25, 0.3) is 0 Å². The highest BCUT2D eigenvalue weighted by molar-refractivity contribution is 6.41. The molecule has 2 aliphatic rings. The lowest BCUT2D eigenvalue weighted by Gasteiger charge is -2.11. The number of nitrogens with zero attached hydrogens (tertiary/aromatic N) is 3. The maximum Gasteiger partial charge on any atom is 0.356 e. The number of carbonyl (C=O) groups is 2. The van der Waals surface area contributed by atoms with E-state index in [-0.39, 0.29) is 17.1 Å². The first kappa shape index (κ1) is 9.90. The second kappa shape index (κ2) is 3.50. The standard InChI is InChI=1S/C8H6N4O4/c13-7(14)4-1-2-12-5(3-9-11-12)6(10-4)8(15)16/h1-3,11H,(H,13,14)(H,15,16). The summed E-state index contributed by atoms with van der Waals surface area (Å²) in [5.74, 6) is -2.62. The van der Waals surface area contributed by atoms with E-state index in [0.29, 0.717) is 0 Å². The second-order valence-corrected chi connectivity index (χ2v) is 2.89. The van der Waals surface area contributed by atoms with Gasteiger partial charge in [-0.3, -0.25) is 0 Å². The largest absolute Gasteiger partial charge is 0.477 e. The van der Waals surface area contributed by atoms with Crippen molar-refractivity contribution < 1.29 is 19.8 Å². The molecule has 2 heterocycles. The third kappa shape index (κ3) is 1.52. The molecule has 0 fully saturated rings. The zero-order valence-electron chi connectivity index (χ0n) is 7.78. The molecule has 0 saturated heterocycles. The maximum absolute atomic E-state index is 10.9. The molecule has 0 spiro atoms. The van der Waals surface area contributed by atoms with Gasteiger partial charge in [-0.15, -0.1) is 0 Å². The molecule has 0 aliphatic carbocycles. The van der Waals surface area contributed by atoms with Crippen LogP contribution in [0.4, 0.5) is 0 Å². The zero-order chi connectivity index (χ0) is 11.7. The fraction of sp³-hybridized carbons (Fsp3) is 0. The predicted molar refractivity (Wildman–Crippen MR) is 52.3 cm³/mol. The molecule has 0 aromatic carbocycles. The summed E-state index contributed by atoms with van der Waals surface area (Å²) in [6.45, 7) is 0. The Kier molecular flexibility index (Phi) is 2.16. The van der Waals surface area contributed by atoms with Crippen molar-refractivity contribution in [1.29, 1.82) is 0 Å². The SMILES string of the molecule is O=C(O)C1=NC(C(=O)O)=C2C=NNN2C=C1. The molecule has 0 saturated carbocycles. The van der Waals surface area contributed by atoms with Crippen molar-refractivity contribution in [2.24, 2.45) is 10.1 Å². The van der Waals surface area contributed by atoms with Gasteiger partial charge in [-0.1, -0.05) is 0 Å². The summed E-state index contributed by atoms with van der Waals surface area (Å²) >= 11 is 0. The molecule has 8 heteroatoms. The van der Waals surface area contributed by atoms with E-state index in [4.69, 9.17) is 10.2 Å². The lowest BCUT2D eigenvalue weighted by molar-refractivity contribution is -0.132. The van der Waals surface area contributed by atoms with Gasteiger partial charge >= 0.3 is 11.9 Å². The van der Waals surface area contributed by atoms with Crippen LogP contribution >= 0.6 is 0 Å². The molecule has 0 radical (unpaired) electrons. The van der Waals surface area contributed by atoms with Crippen LogP contribution in [0.2, 0.25) is 0 Å². The second-order valence-electron chi connectivity index (χ2n) is 2.89. The summed E-state index contributed by atoms with van der Waals surface area (Å²) < 4.78 is 0. The van der Waals surface area contributed by atoms with E-state index in [0.717, 1.165) is 0 Å². The molecule has 82 valence electrons. The Hall–Kier alpha value is -2.64. The summed E-state index contributed by atoms with van der Waals surface area (Å²) in [6.07, 6.45) is 3.77. The maximum atomic E-state index is 10.9. The Balaban J connectivity index is 2.56. The van der Waals surface area contributed by atoms with E-state index < -0.39 is 11.9 Å². The molecule has 0 aromatic heterocycles. The van der Waals surface area contributed by atoms with Gasteiger partial charge in [0, 0.05) is 6.20 Å². The molecule has 3 N–H and O–H groups in total. The first-order chi connectivity index (χ1) is 7.59. The number of hydrazine groups is 1. The van der Waals surface area contributed by atoms with Crippen molar-refractivity contribution in [3.05, 3.63) is 23.7 Å². The fourth-order valence-electron chi connectivity index (χ4n) is 1.19. The summed E-state index contributed by atoms with van der Waals surface area (Å²) in [4.78, 5) is 25.2. The minimum absolute atomic E-state index is 0.181. The fourth-order valence-corrected chi connectivity index (χ4v) is 1.19. The molecule has 0 atom stereocenters. The number of rotatable bonds is 2. The highest BCUT2D eigenvalue weighted by Gasteiger charge is 2.24. The van der Waals surface area contributed by atoms with Crippen molar-refractivity contribution >= 4 is 23.9 Å². The van der Waals surface area contributed by atoms with Crippen LogP contribution in [0.1, 0.15) is 0 Å². The van der Waals surface area contributed by atoms with Crippen LogP contribution in [0, 0.1) is 0 Å². The lowest BCUT2D eigenvalue weighted by Crippen LogP contribution is -2.24. The van der Waals surface area contributed by atoms with Crippen molar-refractivity contribution in [3.63, 3.8) is 0 Å². The minimum Gasteiger partial charge on any atom is -0.477 e. The van der Waals surface area contributed by atoms with Gasteiger partial charge in [0.1, 0.15) is 5.70 Å². The van der Waals surface area contributed by atoms with Gasteiger partial charge in [-0.25, -0.2) is 25.1 Å². The van der Waals surface area contributed by atoms with E-state index in [9.17, 15) is 9.59 Å². The van der Waals surface area contributed by atoms with Crippen molar-refractivity contribution in [3.8, 4) is 0 Å². The summed E-state index contributed by atoms with van der Waals surface area (Å²) in [6, 6.07) is 0. The van der Waals surface area contributed by atoms with E-state index in [1.54, 1.807) is 0 Å². The van der Waals surface area contributed by atoms with Gasteiger partial charge in [-0.2, -0.15) is 5.10 Å². The van der Waals surface area contributed by atoms with Crippen LogP contribution < -0.4 is 5.53 Å². The molecule has 16 heavy (non-hydrogen) atoms. The number of nitrogens with one attached hydrogen (secondary N) is 1. The molecule has 0 aromatic rings. The van der Waals surface area contributed by atoms with E-state index in [2.05, 4.69) is 15.6 Å². The van der Waals surface area contributed by atoms with E-state index in [1.165, 1.54) is 23.5 Å². The highest BCUT2D eigenvalue weighted by Crippen LogP contribution is 2.16. The van der Waals surface area contributed by atoms with Crippen LogP contribution in [0.25, 0.3) is 0 Å². The van der Waals surface area contributed by atoms with Crippen LogP contribution in [0.3, 0.4) is 0 Å². The van der Waals surface area contributed by atoms with Gasteiger partial charge in [0.15, 0.2) is 11.4 Å². The van der Waals surface area contributed by atoms with Gasteiger partial charge in [-0.05, 0) is 6.08 Å². The number of allylic oxidation sites excluding steroid dienone is 1. The average molecular weight is 222 g/mol. The molecule has 2 aliphatic heterocycles. The van der Waals surface area contributed by atoms with Gasteiger partial charge < -0.3 is 10.2 Å². The Morgan fingerprint density at radius 1 is 1.31 bits per heavy atom. The van der Waals surface area contributed by atoms with E-state index >= 15 is 0 Å². The number of hydrogen-bond acceptors (Lipinski definition) is 6. The molecule has 8 nitrogen and oxygen atoms in total. The lowest BCUT2D eigenvalue weighted by atomic mass is 10.3. The molecular formula is C8H6N4O4. The van der Waals surface area contributed by atoms with E-state index in [1.807, 2.05) is 0 Å². The van der Waals surface area contributed by atoms with Gasteiger partial charge in [0.05, 0.1) is 6.21 Å². The summed E-state index contributed by atoms with van der Waals surface area (Å²) in [5, 5.41) is 22.6. The normalized spacial score (nSPS) is 17.8. The molecule has 2 rings (SSSR count). The Bertz CT molecular complexity index is 488. The van der Waals surface area contributed by atoms with Crippen LogP contribution in [0.15, 0.2) is 33.8 Å². The van der Waals surface area contributed by atoms with Crippen LogP contribution in [-0.2, 0) is 9.59 Å².